The second-order valence-electron chi connectivity index (χ2n) is 7.32. The van der Waals surface area contributed by atoms with Crippen LogP contribution in [0.4, 0.5) is 10.5 Å². The van der Waals surface area contributed by atoms with Gasteiger partial charge in [-0.05, 0) is 29.1 Å². The van der Waals surface area contributed by atoms with Crippen LogP contribution in [0.1, 0.15) is 18.6 Å². The van der Waals surface area contributed by atoms with Crippen molar-refractivity contribution in [3.05, 3.63) is 84.4 Å². The highest BCUT2D eigenvalue weighted by atomic mass is 16.6. The Labute approximate surface area is 191 Å². The van der Waals surface area contributed by atoms with Crippen LogP contribution in [0.2, 0.25) is 0 Å². The Morgan fingerprint density at radius 1 is 1.06 bits per heavy atom. The quantitative estimate of drug-likeness (QED) is 0.221. The minimum Gasteiger partial charge on any atom is -0.491 e. The number of aliphatic hydroxyl groups excluding tert-OH is 1. The van der Waals surface area contributed by atoms with Crippen LogP contribution in [0.15, 0.2) is 78.9 Å². The minimum atomic E-state index is -0.764. The number of amides is 2. The highest BCUT2D eigenvalue weighted by Gasteiger charge is 2.23. The van der Waals surface area contributed by atoms with Gasteiger partial charge in [0.15, 0.2) is 0 Å². The maximum Gasteiger partial charge on any atom is 0.412 e. The Hall–Kier alpha value is -3.88. The van der Waals surface area contributed by atoms with Crippen molar-refractivity contribution in [3.63, 3.8) is 0 Å². The first-order chi connectivity index (χ1) is 16.0. The van der Waals surface area contributed by atoms with Crippen molar-refractivity contribution in [2.24, 2.45) is 5.92 Å². The molecule has 0 aliphatic carbocycles. The highest BCUT2D eigenvalue weighted by Crippen LogP contribution is 2.31. The van der Waals surface area contributed by atoms with Gasteiger partial charge in [0.25, 0.3) is 5.91 Å². The van der Waals surface area contributed by atoms with E-state index in [1.165, 1.54) is 11.6 Å². The maximum absolute atomic E-state index is 12.9. The summed E-state index contributed by atoms with van der Waals surface area (Å²) in [7, 11) is 0. The Morgan fingerprint density at radius 2 is 1.82 bits per heavy atom. The van der Waals surface area contributed by atoms with Crippen LogP contribution < -0.4 is 15.5 Å². The summed E-state index contributed by atoms with van der Waals surface area (Å²) in [5, 5.41) is 22.4. The molecular formula is C25H26N2O6. The van der Waals surface area contributed by atoms with Gasteiger partial charge in [0.2, 0.25) is 0 Å². The van der Waals surface area contributed by atoms with Gasteiger partial charge in [-0.1, -0.05) is 61.5 Å². The number of hydrogen-bond donors (Lipinski definition) is 4. The van der Waals surface area contributed by atoms with Gasteiger partial charge in [-0.15, -0.1) is 0 Å². The molecule has 0 saturated carbocycles. The van der Waals surface area contributed by atoms with E-state index in [2.05, 4.69) is 5.32 Å². The number of ether oxygens (including phenoxy) is 2. The van der Waals surface area contributed by atoms with Crippen molar-refractivity contribution in [2.75, 3.05) is 18.5 Å². The van der Waals surface area contributed by atoms with Crippen molar-refractivity contribution in [2.45, 2.75) is 13.0 Å². The number of anilines is 1. The lowest BCUT2D eigenvalue weighted by Gasteiger charge is -2.23. The van der Waals surface area contributed by atoms with Crippen molar-refractivity contribution < 1.29 is 29.4 Å². The molecule has 4 N–H and O–H groups in total. The summed E-state index contributed by atoms with van der Waals surface area (Å²) < 4.78 is 11.2. The van der Waals surface area contributed by atoms with Crippen LogP contribution >= 0.6 is 0 Å². The van der Waals surface area contributed by atoms with E-state index in [4.69, 9.17) is 19.8 Å². The summed E-state index contributed by atoms with van der Waals surface area (Å²) >= 11 is 0. The first-order valence-corrected chi connectivity index (χ1v) is 10.4. The average Bonchev–Trinajstić information content (AvgIpc) is 2.84. The summed E-state index contributed by atoms with van der Waals surface area (Å²) in [5.74, 6) is -0.608. The van der Waals surface area contributed by atoms with E-state index in [0.29, 0.717) is 17.0 Å². The molecule has 0 aliphatic rings. The van der Waals surface area contributed by atoms with E-state index in [1.54, 1.807) is 37.3 Å². The molecule has 0 radical (unpaired) electrons. The molecular weight excluding hydrogens is 424 g/mol. The zero-order chi connectivity index (χ0) is 23.6. The van der Waals surface area contributed by atoms with Crippen molar-refractivity contribution in [3.8, 4) is 5.75 Å². The van der Waals surface area contributed by atoms with E-state index in [1.807, 2.05) is 36.4 Å². The largest absolute Gasteiger partial charge is 0.491 e. The lowest BCUT2D eigenvalue weighted by atomic mass is 9.96. The van der Waals surface area contributed by atoms with E-state index in [-0.39, 0.29) is 13.2 Å². The topological polar surface area (TPSA) is 117 Å². The van der Waals surface area contributed by atoms with E-state index >= 15 is 0 Å². The summed E-state index contributed by atoms with van der Waals surface area (Å²) in [6.45, 7) is 1.77. The predicted octanol–water partition coefficient (Wildman–Crippen LogP) is 4.20. The number of carbonyl (C=O) groups excluding carboxylic acids is 2. The number of nitrogens with one attached hydrogen (secondary N) is 2. The van der Waals surface area contributed by atoms with Crippen LogP contribution in [0, 0.1) is 5.92 Å². The lowest BCUT2D eigenvalue weighted by molar-refractivity contribution is -0.124. The zero-order valence-electron chi connectivity index (χ0n) is 18.1. The van der Waals surface area contributed by atoms with Gasteiger partial charge in [0.1, 0.15) is 18.5 Å². The molecule has 0 spiro atoms. The van der Waals surface area contributed by atoms with Gasteiger partial charge in [0, 0.05) is 17.4 Å². The molecule has 0 aliphatic heterocycles. The number of benzene rings is 3. The van der Waals surface area contributed by atoms with Crippen LogP contribution in [0.3, 0.4) is 0 Å². The molecule has 2 amide bonds. The Bertz CT molecular complexity index is 1130. The Morgan fingerprint density at radius 3 is 2.61 bits per heavy atom. The number of fused-ring (bicyclic) bond motifs is 1. The summed E-state index contributed by atoms with van der Waals surface area (Å²) in [4.78, 5) is 24.3. The Kier molecular flexibility index (Phi) is 8.40. The van der Waals surface area contributed by atoms with Crippen LogP contribution in [0.5, 0.6) is 5.75 Å². The lowest BCUT2D eigenvalue weighted by Crippen LogP contribution is -2.22. The first-order valence-electron chi connectivity index (χ1n) is 10.4. The smallest absolute Gasteiger partial charge is 0.412 e. The number of hydroxylamine groups is 1. The van der Waals surface area contributed by atoms with Gasteiger partial charge < -0.3 is 14.6 Å². The minimum absolute atomic E-state index is 0.128. The maximum atomic E-state index is 12.9. The summed E-state index contributed by atoms with van der Waals surface area (Å²) in [6, 6.07) is 20.2. The van der Waals surface area contributed by atoms with Gasteiger partial charge in [-0.25, -0.2) is 10.3 Å². The third-order valence-electron chi connectivity index (χ3n) is 4.95. The molecule has 0 aromatic heterocycles. The number of aliphatic hydroxyl groups is 1. The van der Waals surface area contributed by atoms with E-state index in [9.17, 15) is 9.59 Å². The number of hydrogen-bond acceptors (Lipinski definition) is 6. The molecule has 8 nitrogen and oxygen atoms in total. The normalized spacial score (nSPS) is 12.8. The van der Waals surface area contributed by atoms with Gasteiger partial charge in [-0.2, -0.15) is 0 Å². The SMILES string of the molecule is C[C@@H](/C=C/C(=O)NO)[C@H](OC(=O)Nc1cccc2ccccc12)c1cccc(OCCO)c1. The first kappa shape index (κ1) is 23.8. The molecule has 0 bridgehead atoms. The number of rotatable bonds is 9. The fourth-order valence-corrected chi connectivity index (χ4v) is 3.39. The van der Waals surface area contributed by atoms with Gasteiger partial charge in [0.05, 0.1) is 12.3 Å². The third kappa shape index (κ3) is 6.55. The summed E-state index contributed by atoms with van der Waals surface area (Å²) in [6.07, 6.45) is 1.27. The molecule has 0 saturated heterocycles. The molecule has 0 heterocycles. The van der Waals surface area contributed by atoms with Crippen LogP contribution in [-0.2, 0) is 9.53 Å². The predicted molar refractivity (Wildman–Crippen MR) is 124 cm³/mol. The zero-order valence-corrected chi connectivity index (χ0v) is 18.1. The van der Waals surface area contributed by atoms with E-state index in [0.717, 1.165) is 16.8 Å². The molecule has 0 fully saturated rings. The van der Waals surface area contributed by atoms with Crippen molar-refractivity contribution in [1.82, 2.24) is 5.48 Å². The second kappa shape index (κ2) is 11.7. The average molecular weight is 450 g/mol. The van der Waals surface area contributed by atoms with E-state index < -0.39 is 24.0 Å². The fraction of sp³-hybridized carbons (Fsp3) is 0.200. The molecule has 33 heavy (non-hydrogen) atoms. The van der Waals surface area contributed by atoms with Gasteiger partial charge in [-0.3, -0.25) is 15.3 Å². The second-order valence-corrected chi connectivity index (χ2v) is 7.32. The van der Waals surface area contributed by atoms with Gasteiger partial charge >= 0.3 is 6.09 Å². The van der Waals surface area contributed by atoms with Crippen molar-refractivity contribution in [1.29, 1.82) is 0 Å². The molecule has 172 valence electrons. The molecule has 3 aromatic carbocycles. The molecule has 8 heteroatoms. The fourth-order valence-electron chi connectivity index (χ4n) is 3.39. The standard InChI is InChI=1S/C25H26N2O6/c1-17(12-13-23(29)27-31)24(19-8-4-9-20(16-19)32-15-14-28)33-25(30)26-22-11-5-7-18-6-2-3-10-21(18)22/h2-13,16-17,24,28,31H,14-15H2,1H3,(H,26,30)(H,27,29)/b13-12+/t17-,24-/m0/s1. The molecule has 0 unspecified atom stereocenters. The Balaban J connectivity index is 1.84. The molecule has 2 atom stereocenters. The molecule has 3 aromatic rings. The van der Waals surface area contributed by atoms with Crippen LogP contribution in [-0.4, -0.2) is 35.5 Å². The van der Waals surface area contributed by atoms with Crippen LogP contribution in [0.25, 0.3) is 10.8 Å². The molecule has 3 rings (SSSR count). The highest BCUT2D eigenvalue weighted by molar-refractivity contribution is 6.00. The summed E-state index contributed by atoms with van der Waals surface area (Å²) in [5.41, 5.74) is 2.78. The third-order valence-corrected chi connectivity index (χ3v) is 4.95. The van der Waals surface area contributed by atoms with Crippen molar-refractivity contribution >= 4 is 28.5 Å². The monoisotopic (exact) mass is 450 g/mol. The number of carbonyl (C=O) groups is 2.